The molecule has 0 aromatic heterocycles. The van der Waals surface area contributed by atoms with Gasteiger partial charge in [0.25, 0.3) is 0 Å². The molecule has 4 aromatic carbocycles. The molecule has 2 heterocycles. The molecule has 0 amide bonds. The summed E-state index contributed by atoms with van der Waals surface area (Å²) in [4.78, 5) is 0. The maximum Gasteiger partial charge on any atom is 0.203 e. The molecule has 6 rings (SSSR count). The highest BCUT2D eigenvalue weighted by Crippen LogP contribution is 2.53. The summed E-state index contributed by atoms with van der Waals surface area (Å²) in [7, 11) is 6.54. The summed E-state index contributed by atoms with van der Waals surface area (Å²) in [5.41, 5.74) is 4.03. The third-order valence-electron chi connectivity index (χ3n) is 8.34. The number of methoxy groups -OCH3 is 4. The van der Waals surface area contributed by atoms with Gasteiger partial charge in [-0.3, -0.25) is 0 Å². The summed E-state index contributed by atoms with van der Waals surface area (Å²) in [5.74, 6) is 3.78. The normalized spacial score (nSPS) is 20.5. The zero-order valence-corrected chi connectivity index (χ0v) is 25.5. The predicted octanol–water partition coefficient (Wildman–Crippen LogP) is 6.95. The average Bonchev–Trinajstić information content (AvgIpc) is 3.69. The van der Waals surface area contributed by atoms with Crippen molar-refractivity contribution in [3.05, 3.63) is 107 Å². The lowest BCUT2D eigenvalue weighted by Gasteiger charge is -2.21. The molecule has 230 valence electrons. The van der Waals surface area contributed by atoms with Crippen LogP contribution in [0.1, 0.15) is 34.5 Å². The van der Waals surface area contributed by atoms with Gasteiger partial charge in [0.1, 0.15) is 13.2 Å². The molecule has 2 aliphatic rings. The maximum absolute atomic E-state index is 6.43. The second-order valence-electron chi connectivity index (χ2n) is 10.9. The molecular weight excluding hydrogens is 560 g/mol. The van der Waals surface area contributed by atoms with Crippen molar-refractivity contribution in [2.75, 3.05) is 41.7 Å². The molecule has 2 saturated heterocycles. The zero-order valence-electron chi connectivity index (χ0n) is 25.5. The number of ether oxygens (including phenoxy) is 8. The van der Waals surface area contributed by atoms with Crippen molar-refractivity contribution in [3.8, 4) is 34.5 Å². The number of hydrogen-bond donors (Lipinski definition) is 0. The van der Waals surface area contributed by atoms with Crippen LogP contribution in [0.2, 0.25) is 0 Å². The second kappa shape index (κ2) is 13.5. The Kier molecular flexibility index (Phi) is 9.09. The van der Waals surface area contributed by atoms with Crippen molar-refractivity contribution in [2.45, 2.75) is 25.4 Å². The molecule has 0 unspecified atom stereocenters. The van der Waals surface area contributed by atoms with Gasteiger partial charge in [0, 0.05) is 11.8 Å². The third kappa shape index (κ3) is 6.00. The summed E-state index contributed by atoms with van der Waals surface area (Å²) < 4.78 is 48.2. The van der Waals surface area contributed by atoms with Crippen LogP contribution < -0.4 is 28.4 Å². The van der Waals surface area contributed by atoms with Crippen LogP contribution in [0.25, 0.3) is 0 Å². The van der Waals surface area contributed by atoms with Gasteiger partial charge in [0.15, 0.2) is 23.0 Å². The van der Waals surface area contributed by atoms with E-state index in [1.807, 2.05) is 84.9 Å². The Balaban J connectivity index is 1.21. The van der Waals surface area contributed by atoms with E-state index in [0.717, 1.165) is 22.3 Å². The van der Waals surface area contributed by atoms with Gasteiger partial charge in [-0.2, -0.15) is 0 Å². The first kappa shape index (κ1) is 29.7. The summed E-state index contributed by atoms with van der Waals surface area (Å²) in [6.45, 7) is 1.90. The Bertz CT molecular complexity index is 1370. The van der Waals surface area contributed by atoms with Crippen LogP contribution in [-0.4, -0.2) is 41.7 Å². The summed E-state index contributed by atoms with van der Waals surface area (Å²) in [6.07, 6.45) is -0.374. The van der Waals surface area contributed by atoms with Crippen LogP contribution in [0.15, 0.2) is 84.9 Å². The molecule has 0 radical (unpaired) electrons. The van der Waals surface area contributed by atoms with Crippen LogP contribution >= 0.6 is 0 Å². The number of hydrogen-bond acceptors (Lipinski definition) is 8. The van der Waals surface area contributed by atoms with E-state index in [4.69, 9.17) is 37.9 Å². The van der Waals surface area contributed by atoms with Crippen LogP contribution in [0.4, 0.5) is 0 Å². The highest BCUT2D eigenvalue weighted by Gasteiger charge is 2.48. The molecule has 0 bridgehead atoms. The van der Waals surface area contributed by atoms with E-state index >= 15 is 0 Å². The van der Waals surface area contributed by atoms with Gasteiger partial charge in [-0.05, 0) is 46.5 Å². The Hall–Kier alpha value is -4.40. The summed E-state index contributed by atoms with van der Waals surface area (Å²) in [6, 6.07) is 27.9. The lowest BCUT2D eigenvalue weighted by Crippen LogP contribution is -2.15. The van der Waals surface area contributed by atoms with Crippen molar-refractivity contribution in [2.24, 2.45) is 11.8 Å². The van der Waals surface area contributed by atoms with Gasteiger partial charge in [0.2, 0.25) is 11.5 Å². The van der Waals surface area contributed by atoms with E-state index in [1.165, 1.54) is 0 Å². The molecule has 44 heavy (non-hydrogen) atoms. The van der Waals surface area contributed by atoms with Gasteiger partial charge in [-0.15, -0.1) is 0 Å². The van der Waals surface area contributed by atoms with E-state index < -0.39 is 0 Å². The lowest BCUT2D eigenvalue weighted by molar-refractivity contribution is 0.0190. The fraction of sp³-hybridized carbons (Fsp3) is 0.333. The number of benzene rings is 4. The standard InChI is InChI=1S/C36H38O8/c1-37-29-15-25(16-30(38-2)35(29)41-19-23-11-7-5-8-12-23)33-27-21-44-34(28(27)22-43-33)26-17-31(39-3)36(32(18-26)40-4)42-20-24-13-9-6-10-14-24/h5-18,27-28,33-34H,19-22H2,1-4H3/t27-,28-,33+,34+/m1/s1. The SMILES string of the molecule is COc1cc([C@@H]2OC[C@@H]3[C@H]2CO[C@H]3c2cc(OC)c(OCc3ccccc3)c(OC)c2)cc(OC)c1OCc1ccccc1. The van der Waals surface area contributed by atoms with Gasteiger partial charge < -0.3 is 37.9 Å². The fourth-order valence-electron chi connectivity index (χ4n) is 6.11. The molecule has 0 spiro atoms. The van der Waals surface area contributed by atoms with Crippen molar-refractivity contribution in [1.29, 1.82) is 0 Å². The first-order chi connectivity index (χ1) is 21.6. The molecule has 4 aromatic rings. The van der Waals surface area contributed by atoms with Crippen molar-refractivity contribution in [3.63, 3.8) is 0 Å². The molecule has 0 N–H and O–H groups in total. The molecule has 8 nitrogen and oxygen atoms in total. The lowest BCUT2D eigenvalue weighted by atomic mass is 9.84. The molecule has 2 fully saturated rings. The first-order valence-corrected chi connectivity index (χ1v) is 14.7. The van der Waals surface area contributed by atoms with E-state index in [9.17, 15) is 0 Å². The maximum atomic E-state index is 6.43. The van der Waals surface area contributed by atoms with Gasteiger partial charge in [-0.25, -0.2) is 0 Å². The Morgan fingerprint density at radius 2 is 0.864 bits per heavy atom. The molecule has 2 aliphatic heterocycles. The average molecular weight is 599 g/mol. The summed E-state index contributed by atoms with van der Waals surface area (Å²) >= 11 is 0. The minimum Gasteiger partial charge on any atom is -0.493 e. The zero-order chi connectivity index (χ0) is 30.5. The number of rotatable bonds is 12. The number of fused-ring (bicyclic) bond motifs is 1. The quantitative estimate of drug-likeness (QED) is 0.173. The Morgan fingerprint density at radius 1 is 0.523 bits per heavy atom. The smallest absolute Gasteiger partial charge is 0.203 e. The predicted molar refractivity (Wildman–Crippen MR) is 165 cm³/mol. The van der Waals surface area contributed by atoms with Gasteiger partial charge in [0.05, 0.1) is 53.9 Å². The second-order valence-corrected chi connectivity index (χ2v) is 10.9. The van der Waals surface area contributed by atoms with Crippen LogP contribution in [0.5, 0.6) is 34.5 Å². The minimum absolute atomic E-state index is 0.136. The van der Waals surface area contributed by atoms with Crippen LogP contribution in [-0.2, 0) is 22.7 Å². The minimum atomic E-state index is -0.187. The van der Waals surface area contributed by atoms with Crippen molar-refractivity contribution < 1.29 is 37.9 Å². The monoisotopic (exact) mass is 598 g/mol. The van der Waals surface area contributed by atoms with E-state index in [2.05, 4.69) is 0 Å². The van der Waals surface area contributed by atoms with E-state index in [0.29, 0.717) is 60.9 Å². The van der Waals surface area contributed by atoms with Crippen molar-refractivity contribution in [1.82, 2.24) is 0 Å². The topological polar surface area (TPSA) is 73.8 Å². The summed E-state index contributed by atoms with van der Waals surface area (Å²) in [5, 5.41) is 0. The van der Waals surface area contributed by atoms with Crippen LogP contribution in [0, 0.1) is 11.8 Å². The van der Waals surface area contributed by atoms with Crippen LogP contribution in [0.3, 0.4) is 0 Å². The van der Waals surface area contributed by atoms with Gasteiger partial charge in [-0.1, -0.05) is 60.7 Å². The highest BCUT2D eigenvalue weighted by molar-refractivity contribution is 5.56. The molecule has 0 aliphatic carbocycles. The highest BCUT2D eigenvalue weighted by atomic mass is 16.5. The van der Waals surface area contributed by atoms with Gasteiger partial charge >= 0.3 is 0 Å². The fourth-order valence-corrected chi connectivity index (χ4v) is 6.11. The van der Waals surface area contributed by atoms with Crippen molar-refractivity contribution >= 4 is 0 Å². The molecule has 0 saturated carbocycles. The van der Waals surface area contributed by atoms with E-state index in [1.54, 1.807) is 28.4 Å². The first-order valence-electron chi connectivity index (χ1n) is 14.7. The molecular formula is C36H38O8. The Morgan fingerprint density at radius 3 is 1.18 bits per heavy atom. The molecule has 4 atom stereocenters. The largest absolute Gasteiger partial charge is 0.493 e. The molecule has 8 heteroatoms. The van der Waals surface area contributed by atoms with E-state index in [-0.39, 0.29) is 24.0 Å². The Labute approximate surface area is 258 Å². The third-order valence-corrected chi connectivity index (χ3v) is 8.34.